The van der Waals surface area contributed by atoms with E-state index in [0.29, 0.717) is 22.2 Å². The quantitative estimate of drug-likeness (QED) is 0.920. The van der Waals surface area contributed by atoms with E-state index in [1.807, 2.05) is 0 Å². The van der Waals surface area contributed by atoms with Crippen LogP contribution in [0.25, 0.3) is 0 Å². The van der Waals surface area contributed by atoms with Gasteiger partial charge in [-0.25, -0.2) is 4.39 Å². The Kier molecular flexibility index (Phi) is 4.08. The van der Waals surface area contributed by atoms with E-state index in [2.05, 4.69) is 15.9 Å². The van der Waals surface area contributed by atoms with Crippen molar-refractivity contribution >= 4 is 21.9 Å². The van der Waals surface area contributed by atoms with E-state index in [1.165, 1.54) is 19.2 Å². The molecule has 15 heavy (non-hydrogen) atoms. The standard InChI is InChI=1S/C10H10BrFO3/c1-15-9-5-6(12)4-8(11)7(9)2-3-10(13)14/h4-5H,2-3H2,1H3,(H,13,14). The Labute approximate surface area is 95.0 Å². The highest BCUT2D eigenvalue weighted by Gasteiger charge is 2.11. The Balaban J connectivity index is 2.98. The van der Waals surface area contributed by atoms with Crippen molar-refractivity contribution in [3.05, 3.63) is 28.0 Å². The zero-order chi connectivity index (χ0) is 11.4. The van der Waals surface area contributed by atoms with Gasteiger partial charge < -0.3 is 9.84 Å². The fraction of sp³-hybridized carbons (Fsp3) is 0.300. The lowest BCUT2D eigenvalue weighted by molar-refractivity contribution is -0.136. The molecule has 0 radical (unpaired) electrons. The molecule has 0 heterocycles. The van der Waals surface area contributed by atoms with Gasteiger partial charge in [0, 0.05) is 22.5 Å². The van der Waals surface area contributed by atoms with Crippen LogP contribution in [-0.2, 0) is 11.2 Å². The van der Waals surface area contributed by atoms with Gasteiger partial charge >= 0.3 is 5.97 Å². The summed E-state index contributed by atoms with van der Waals surface area (Å²) in [4.78, 5) is 10.4. The van der Waals surface area contributed by atoms with Gasteiger partial charge in [0.05, 0.1) is 7.11 Å². The normalized spacial score (nSPS) is 10.1. The third-order valence-electron chi connectivity index (χ3n) is 1.93. The van der Waals surface area contributed by atoms with E-state index in [9.17, 15) is 9.18 Å². The molecule has 0 aliphatic heterocycles. The summed E-state index contributed by atoms with van der Waals surface area (Å²) in [6.07, 6.45) is 0.292. The maximum Gasteiger partial charge on any atom is 0.303 e. The lowest BCUT2D eigenvalue weighted by Crippen LogP contribution is -2.01. The number of carbonyl (C=O) groups is 1. The van der Waals surface area contributed by atoms with Crippen LogP contribution in [0.4, 0.5) is 4.39 Å². The van der Waals surface area contributed by atoms with Gasteiger partial charge in [0.25, 0.3) is 0 Å². The highest BCUT2D eigenvalue weighted by Crippen LogP contribution is 2.29. The fourth-order valence-electron chi connectivity index (χ4n) is 1.24. The number of benzene rings is 1. The van der Waals surface area contributed by atoms with Gasteiger partial charge in [-0.15, -0.1) is 0 Å². The monoisotopic (exact) mass is 276 g/mol. The second kappa shape index (κ2) is 5.11. The minimum absolute atomic E-state index is 0.0133. The molecule has 0 aliphatic rings. The molecule has 3 nitrogen and oxygen atoms in total. The van der Waals surface area contributed by atoms with Crippen LogP contribution in [0.15, 0.2) is 16.6 Å². The van der Waals surface area contributed by atoms with Crippen LogP contribution in [0.3, 0.4) is 0 Å². The van der Waals surface area contributed by atoms with Gasteiger partial charge in [0.1, 0.15) is 11.6 Å². The summed E-state index contributed by atoms with van der Waals surface area (Å²) in [6, 6.07) is 2.53. The van der Waals surface area contributed by atoms with E-state index in [0.717, 1.165) is 0 Å². The van der Waals surface area contributed by atoms with Gasteiger partial charge in [0.15, 0.2) is 0 Å². The van der Waals surface area contributed by atoms with Crippen LogP contribution in [0.5, 0.6) is 5.75 Å². The molecule has 0 aliphatic carbocycles. The van der Waals surface area contributed by atoms with E-state index in [1.54, 1.807) is 0 Å². The maximum atomic E-state index is 13.0. The highest BCUT2D eigenvalue weighted by atomic mass is 79.9. The smallest absolute Gasteiger partial charge is 0.303 e. The molecule has 5 heteroatoms. The molecule has 1 aromatic carbocycles. The second-order valence-electron chi connectivity index (χ2n) is 2.96. The number of aliphatic carboxylic acids is 1. The maximum absolute atomic E-state index is 13.0. The van der Waals surface area contributed by atoms with Gasteiger partial charge in [-0.3, -0.25) is 4.79 Å². The third-order valence-corrected chi connectivity index (χ3v) is 2.64. The highest BCUT2D eigenvalue weighted by molar-refractivity contribution is 9.10. The van der Waals surface area contributed by atoms with Crippen molar-refractivity contribution in [2.24, 2.45) is 0 Å². The van der Waals surface area contributed by atoms with Crippen molar-refractivity contribution < 1.29 is 19.0 Å². The number of methoxy groups -OCH3 is 1. The molecule has 0 saturated heterocycles. The van der Waals surface area contributed by atoms with Crippen LogP contribution in [0.2, 0.25) is 0 Å². The molecule has 1 N–H and O–H groups in total. The molecule has 0 unspecified atom stereocenters. The van der Waals surface area contributed by atoms with Crippen molar-refractivity contribution in [2.75, 3.05) is 7.11 Å². The molecule has 0 spiro atoms. The molecule has 0 atom stereocenters. The van der Waals surface area contributed by atoms with Gasteiger partial charge in [-0.1, -0.05) is 15.9 Å². The number of carboxylic acid groups (broad SMARTS) is 1. The lowest BCUT2D eigenvalue weighted by Gasteiger charge is -2.09. The first-order valence-electron chi connectivity index (χ1n) is 4.28. The summed E-state index contributed by atoms with van der Waals surface area (Å²) in [7, 11) is 1.42. The number of halogens is 2. The molecular formula is C10H10BrFO3. The van der Waals surface area contributed by atoms with Crippen molar-refractivity contribution in [1.82, 2.24) is 0 Å². The summed E-state index contributed by atoms with van der Waals surface area (Å²) in [6.45, 7) is 0. The van der Waals surface area contributed by atoms with Crippen molar-refractivity contribution in [3.63, 3.8) is 0 Å². The summed E-state index contributed by atoms with van der Waals surface area (Å²) in [5, 5.41) is 8.55. The predicted molar refractivity (Wildman–Crippen MR) is 56.6 cm³/mol. The van der Waals surface area contributed by atoms with Crippen LogP contribution >= 0.6 is 15.9 Å². The van der Waals surface area contributed by atoms with Crippen LogP contribution < -0.4 is 4.74 Å². The Morgan fingerprint density at radius 3 is 2.80 bits per heavy atom. The third kappa shape index (κ3) is 3.20. The summed E-state index contributed by atoms with van der Waals surface area (Å²) in [5.41, 5.74) is 0.668. The van der Waals surface area contributed by atoms with E-state index < -0.39 is 11.8 Å². The Bertz CT molecular complexity index is 379. The lowest BCUT2D eigenvalue weighted by atomic mass is 10.1. The number of carboxylic acids is 1. The Hall–Kier alpha value is -1.10. The first-order chi connectivity index (χ1) is 7.04. The minimum atomic E-state index is -0.895. The first-order valence-corrected chi connectivity index (χ1v) is 5.07. The summed E-state index contributed by atoms with van der Waals surface area (Å²) < 4.78 is 18.5. The van der Waals surface area contributed by atoms with E-state index in [-0.39, 0.29) is 6.42 Å². The Morgan fingerprint density at radius 2 is 2.27 bits per heavy atom. The van der Waals surface area contributed by atoms with E-state index in [4.69, 9.17) is 9.84 Å². The molecule has 0 aromatic heterocycles. The largest absolute Gasteiger partial charge is 0.496 e. The molecule has 1 aromatic rings. The van der Waals surface area contributed by atoms with Crippen LogP contribution in [0.1, 0.15) is 12.0 Å². The fourth-order valence-corrected chi connectivity index (χ4v) is 1.85. The van der Waals surface area contributed by atoms with Crippen molar-refractivity contribution in [2.45, 2.75) is 12.8 Å². The second-order valence-corrected chi connectivity index (χ2v) is 3.82. The molecule has 82 valence electrons. The summed E-state index contributed by atoms with van der Waals surface area (Å²) >= 11 is 3.18. The zero-order valence-electron chi connectivity index (χ0n) is 8.09. The summed E-state index contributed by atoms with van der Waals surface area (Å²) in [5.74, 6) is -0.950. The molecule has 0 fully saturated rings. The van der Waals surface area contributed by atoms with Gasteiger partial charge in [0.2, 0.25) is 0 Å². The van der Waals surface area contributed by atoms with Crippen LogP contribution in [0, 0.1) is 5.82 Å². The molecular weight excluding hydrogens is 267 g/mol. The number of hydrogen-bond acceptors (Lipinski definition) is 2. The molecule has 1 rings (SSSR count). The van der Waals surface area contributed by atoms with Gasteiger partial charge in [-0.2, -0.15) is 0 Å². The van der Waals surface area contributed by atoms with Crippen molar-refractivity contribution in [3.8, 4) is 5.75 Å². The average molecular weight is 277 g/mol. The minimum Gasteiger partial charge on any atom is -0.496 e. The predicted octanol–water partition coefficient (Wildman–Crippen LogP) is 2.61. The van der Waals surface area contributed by atoms with Crippen molar-refractivity contribution in [1.29, 1.82) is 0 Å². The number of rotatable bonds is 4. The van der Waals surface area contributed by atoms with E-state index >= 15 is 0 Å². The number of ether oxygens (including phenoxy) is 1. The SMILES string of the molecule is COc1cc(F)cc(Br)c1CCC(=O)O. The molecule has 0 bridgehead atoms. The first kappa shape index (κ1) is 12.0. The van der Waals surface area contributed by atoms with Gasteiger partial charge in [-0.05, 0) is 12.5 Å². The topological polar surface area (TPSA) is 46.5 Å². The number of hydrogen-bond donors (Lipinski definition) is 1. The zero-order valence-corrected chi connectivity index (χ0v) is 9.67. The Morgan fingerprint density at radius 1 is 1.60 bits per heavy atom. The molecule has 0 amide bonds. The van der Waals surface area contributed by atoms with Crippen LogP contribution in [-0.4, -0.2) is 18.2 Å². The molecule has 0 saturated carbocycles. The average Bonchev–Trinajstić information content (AvgIpc) is 2.14.